The van der Waals surface area contributed by atoms with Gasteiger partial charge in [0.05, 0.1) is 13.2 Å². The van der Waals surface area contributed by atoms with Crippen molar-refractivity contribution in [2.24, 2.45) is 0 Å². The van der Waals surface area contributed by atoms with Crippen LogP contribution in [0.5, 0.6) is 0 Å². The molecule has 0 spiro atoms. The summed E-state index contributed by atoms with van der Waals surface area (Å²) in [6.45, 7) is 13.1. The Morgan fingerprint density at radius 3 is 1.91 bits per heavy atom. The van der Waals surface area contributed by atoms with Gasteiger partial charge in [-0.2, -0.15) is 4.89 Å². The van der Waals surface area contributed by atoms with E-state index in [2.05, 4.69) is 52.0 Å². The van der Waals surface area contributed by atoms with E-state index < -0.39 is 18.4 Å². The average Bonchev–Trinajstić information content (AvgIpc) is 3.38. The maximum absolute atomic E-state index is 12.7. The molecule has 0 N–H and O–H groups in total. The zero-order chi connectivity index (χ0) is 32.3. The lowest BCUT2D eigenvalue weighted by atomic mass is 9.98. The van der Waals surface area contributed by atoms with Crippen LogP contribution >= 0.6 is 11.8 Å². The van der Waals surface area contributed by atoms with Crippen molar-refractivity contribution in [1.29, 1.82) is 0 Å². The van der Waals surface area contributed by atoms with Gasteiger partial charge < -0.3 is 23.7 Å². The first-order chi connectivity index (χ1) is 22.0. The highest BCUT2D eigenvalue weighted by atomic mass is 32.2. The summed E-state index contributed by atoms with van der Waals surface area (Å²) in [6.07, 6.45) is 3.77. The van der Waals surface area contributed by atoms with Gasteiger partial charge in [0.25, 0.3) is 0 Å². The molecule has 2 aromatic rings. The fourth-order valence-corrected chi connectivity index (χ4v) is 6.05. The number of ether oxygens (including phenoxy) is 5. The van der Waals surface area contributed by atoms with Crippen LogP contribution in [-0.4, -0.2) is 75.3 Å². The topological polar surface area (TPSA) is 81.7 Å². The van der Waals surface area contributed by atoms with Gasteiger partial charge in [0.2, 0.25) is 0 Å². The third-order valence-corrected chi connectivity index (χ3v) is 8.82. The molecule has 0 fully saturated rings. The van der Waals surface area contributed by atoms with E-state index in [9.17, 15) is 4.79 Å². The number of thioether (sulfide) groups is 1. The molecule has 0 bridgehead atoms. The molecular formula is C36H54O8S. The Balaban J connectivity index is 1.61. The van der Waals surface area contributed by atoms with Crippen molar-refractivity contribution in [2.75, 3.05) is 45.4 Å². The van der Waals surface area contributed by atoms with Gasteiger partial charge in [-0.3, -0.25) is 4.89 Å². The first-order valence-corrected chi connectivity index (χ1v) is 17.8. The fraction of sp³-hybridized carbons (Fsp3) is 0.639. The van der Waals surface area contributed by atoms with Crippen LogP contribution in [0.15, 0.2) is 48.5 Å². The predicted octanol–water partition coefficient (Wildman–Crippen LogP) is 8.56. The standard InChI is InChI=1S/C36H54O8S/c1-6-10-21-38-25-33(42-35(45-9-4)34(40-23-12-8-3)26-39-22-11-7-2)27(5)43-44-36(37)41-24-32-30-19-15-13-17-28(30)29-18-14-16-20-31(29)32/h13-20,27,32-35H,6-12,21-26H2,1-5H3/t27-,33?,34+,35+/m1/s1. The highest BCUT2D eigenvalue weighted by Crippen LogP contribution is 2.44. The normalized spacial score (nSPS) is 15.2. The fourth-order valence-electron chi connectivity index (χ4n) is 5.12. The van der Waals surface area contributed by atoms with E-state index in [4.69, 9.17) is 33.5 Å². The number of carbonyl (C=O) groups excluding carboxylic acids is 1. The molecule has 0 saturated carbocycles. The second-order valence-corrected chi connectivity index (χ2v) is 12.7. The maximum atomic E-state index is 12.7. The van der Waals surface area contributed by atoms with Gasteiger partial charge in [-0.15, -0.1) is 11.8 Å². The maximum Gasteiger partial charge on any atom is 0.540 e. The summed E-state index contributed by atoms with van der Waals surface area (Å²) in [5.41, 5.74) is 4.28. The molecule has 9 heteroatoms. The first-order valence-electron chi connectivity index (χ1n) is 16.8. The van der Waals surface area contributed by atoms with Gasteiger partial charge in [0.15, 0.2) is 0 Å². The van der Waals surface area contributed by atoms with Crippen molar-refractivity contribution in [3.8, 4) is 11.1 Å². The molecule has 1 aliphatic carbocycles. The lowest BCUT2D eigenvalue weighted by Gasteiger charge is -2.32. The van der Waals surface area contributed by atoms with E-state index in [-0.39, 0.29) is 30.7 Å². The first kappa shape index (κ1) is 37.3. The molecular weight excluding hydrogens is 592 g/mol. The Morgan fingerprint density at radius 2 is 1.33 bits per heavy atom. The van der Waals surface area contributed by atoms with E-state index in [0.717, 1.165) is 66.5 Å². The summed E-state index contributed by atoms with van der Waals surface area (Å²) in [6, 6.07) is 16.4. The van der Waals surface area contributed by atoms with Crippen LogP contribution in [0.4, 0.5) is 4.79 Å². The van der Waals surface area contributed by atoms with E-state index >= 15 is 0 Å². The van der Waals surface area contributed by atoms with E-state index in [1.165, 1.54) is 0 Å². The van der Waals surface area contributed by atoms with Gasteiger partial charge in [-0.1, -0.05) is 95.5 Å². The Morgan fingerprint density at radius 1 is 0.778 bits per heavy atom. The zero-order valence-corrected chi connectivity index (χ0v) is 28.7. The van der Waals surface area contributed by atoms with Crippen LogP contribution < -0.4 is 0 Å². The van der Waals surface area contributed by atoms with Crippen molar-refractivity contribution in [3.63, 3.8) is 0 Å². The average molecular weight is 647 g/mol. The van der Waals surface area contributed by atoms with Crippen molar-refractivity contribution >= 4 is 17.9 Å². The van der Waals surface area contributed by atoms with Crippen LogP contribution in [0, 0.1) is 0 Å². The number of rotatable bonds is 24. The van der Waals surface area contributed by atoms with E-state index in [1.54, 1.807) is 11.8 Å². The zero-order valence-electron chi connectivity index (χ0n) is 27.9. The molecule has 0 saturated heterocycles. The summed E-state index contributed by atoms with van der Waals surface area (Å²) in [4.78, 5) is 23.5. The molecule has 4 atom stereocenters. The molecule has 45 heavy (non-hydrogen) atoms. The lowest BCUT2D eigenvalue weighted by Crippen LogP contribution is -2.42. The number of hydrogen-bond donors (Lipinski definition) is 0. The highest BCUT2D eigenvalue weighted by Gasteiger charge is 2.32. The van der Waals surface area contributed by atoms with E-state index in [0.29, 0.717) is 26.4 Å². The monoisotopic (exact) mass is 646 g/mol. The summed E-state index contributed by atoms with van der Waals surface area (Å²) >= 11 is 1.66. The van der Waals surface area contributed by atoms with Crippen LogP contribution in [0.2, 0.25) is 0 Å². The van der Waals surface area contributed by atoms with Crippen molar-refractivity contribution in [1.82, 2.24) is 0 Å². The predicted molar refractivity (Wildman–Crippen MR) is 180 cm³/mol. The van der Waals surface area contributed by atoms with Gasteiger partial charge >= 0.3 is 6.16 Å². The molecule has 8 nitrogen and oxygen atoms in total. The van der Waals surface area contributed by atoms with Crippen molar-refractivity contribution in [3.05, 3.63) is 59.7 Å². The number of fused-ring (bicyclic) bond motifs is 3. The Labute approximate surface area is 274 Å². The molecule has 1 aliphatic rings. The molecule has 0 amide bonds. The van der Waals surface area contributed by atoms with Crippen molar-refractivity contribution < 1.29 is 38.3 Å². The molecule has 0 aliphatic heterocycles. The Bertz CT molecular complexity index is 1050. The second-order valence-electron chi connectivity index (χ2n) is 11.3. The number of carbonyl (C=O) groups is 1. The molecule has 2 aromatic carbocycles. The molecule has 252 valence electrons. The van der Waals surface area contributed by atoms with Gasteiger partial charge in [0, 0.05) is 25.7 Å². The van der Waals surface area contributed by atoms with Crippen LogP contribution in [0.25, 0.3) is 11.1 Å². The molecule has 0 radical (unpaired) electrons. The third kappa shape index (κ3) is 12.2. The number of benzene rings is 2. The largest absolute Gasteiger partial charge is 0.540 e. The SMILES string of the molecule is CCCCOCC(O[C@@H](SCC)[C@H](COCCCC)OCCCC)[C@@H](C)OOC(=O)OCC1c2ccccc2-c2ccccc21. The summed E-state index contributed by atoms with van der Waals surface area (Å²) < 4.78 is 30.4. The number of unbranched alkanes of at least 4 members (excludes halogenated alkanes) is 3. The van der Waals surface area contributed by atoms with Gasteiger partial charge in [-0.05, 0) is 54.2 Å². The minimum absolute atomic E-state index is 0.0681. The van der Waals surface area contributed by atoms with Crippen LogP contribution in [0.1, 0.15) is 90.2 Å². The minimum atomic E-state index is -0.890. The Kier molecular flexibility index (Phi) is 17.9. The third-order valence-electron chi connectivity index (χ3n) is 7.74. The van der Waals surface area contributed by atoms with Gasteiger partial charge in [0.1, 0.15) is 30.4 Å². The molecule has 0 aromatic heterocycles. The minimum Gasteiger partial charge on any atom is -0.431 e. The molecule has 1 unspecified atom stereocenters. The van der Waals surface area contributed by atoms with Crippen molar-refractivity contribution in [2.45, 2.75) is 103 Å². The number of hydrogen-bond acceptors (Lipinski definition) is 9. The summed E-state index contributed by atoms with van der Waals surface area (Å²) in [5, 5.41) is 0. The van der Waals surface area contributed by atoms with Crippen LogP contribution in [0.3, 0.4) is 0 Å². The van der Waals surface area contributed by atoms with Crippen LogP contribution in [-0.2, 0) is 33.5 Å². The molecule has 0 heterocycles. The highest BCUT2D eigenvalue weighted by molar-refractivity contribution is 7.99. The quantitative estimate of drug-likeness (QED) is 0.0366. The second kappa shape index (κ2) is 21.6. The Hall–Kier alpha value is -2.14. The van der Waals surface area contributed by atoms with Gasteiger partial charge in [-0.25, -0.2) is 4.79 Å². The lowest BCUT2D eigenvalue weighted by molar-refractivity contribution is -0.306. The van der Waals surface area contributed by atoms with E-state index in [1.807, 2.05) is 31.2 Å². The summed E-state index contributed by atoms with van der Waals surface area (Å²) in [7, 11) is 0. The summed E-state index contributed by atoms with van der Waals surface area (Å²) in [5.74, 6) is 0.767. The molecule has 3 rings (SSSR count). The smallest absolute Gasteiger partial charge is 0.431 e.